The summed E-state index contributed by atoms with van der Waals surface area (Å²) >= 11 is 5.88. The van der Waals surface area contributed by atoms with E-state index in [1.165, 1.54) is 16.3 Å². The number of nitrogens with zero attached hydrogens (tertiary/aromatic N) is 4. The van der Waals surface area contributed by atoms with Gasteiger partial charge in [0.1, 0.15) is 12.6 Å². The van der Waals surface area contributed by atoms with E-state index < -0.39 is 40.4 Å². The Hall–Kier alpha value is -2.45. The van der Waals surface area contributed by atoms with Crippen LogP contribution < -0.4 is 0 Å². The van der Waals surface area contributed by atoms with E-state index >= 15 is 0 Å². The summed E-state index contributed by atoms with van der Waals surface area (Å²) in [4.78, 5) is 40.6. The molecule has 4 rings (SSSR count). The highest BCUT2D eigenvalue weighted by Gasteiger charge is 2.56. The van der Waals surface area contributed by atoms with Gasteiger partial charge in [0.15, 0.2) is 0 Å². The minimum absolute atomic E-state index is 0.0179. The number of methoxy groups -OCH3 is 1. The van der Waals surface area contributed by atoms with Gasteiger partial charge in [-0.05, 0) is 37.1 Å². The van der Waals surface area contributed by atoms with Crippen LogP contribution in [0.4, 0.5) is 4.79 Å². The van der Waals surface area contributed by atoms with Crippen molar-refractivity contribution in [2.45, 2.75) is 31.0 Å². The lowest BCUT2D eigenvalue weighted by Crippen LogP contribution is -2.67. The second-order valence-corrected chi connectivity index (χ2v) is 11.2. The molecule has 1 N–H and O–H groups in total. The minimum Gasteiger partial charge on any atom is -0.480 e. The summed E-state index contributed by atoms with van der Waals surface area (Å²) < 4.78 is 39.4. The Bertz CT molecular complexity index is 1090. The van der Waals surface area contributed by atoms with E-state index in [-0.39, 0.29) is 51.8 Å². The predicted octanol–water partition coefficient (Wildman–Crippen LogP) is 0.727. The number of rotatable bonds is 7. The molecular formula is C22H29ClN4O8S. The molecule has 2 amide bonds. The van der Waals surface area contributed by atoms with Crippen molar-refractivity contribution in [3.8, 4) is 0 Å². The number of carbonyl (C=O) groups is 3. The van der Waals surface area contributed by atoms with Gasteiger partial charge in [-0.1, -0.05) is 11.6 Å². The van der Waals surface area contributed by atoms with Crippen molar-refractivity contribution >= 4 is 39.8 Å². The smallest absolute Gasteiger partial charge is 0.410 e. The molecule has 2 bridgehead atoms. The minimum atomic E-state index is -4.16. The van der Waals surface area contributed by atoms with Crippen molar-refractivity contribution < 1.29 is 37.4 Å². The highest BCUT2D eigenvalue weighted by atomic mass is 35.5. The topological polar surface area (TPSA) is 137 Å². The molecule has 3 heterocycles. The van der Waals surface area contributed by atoms with Crippen LogP contribution in [0.3, 0.4) is 0 Å². The predicted molar refractivity (Wildman–Crippen MR) is 128 cm³/mol. The number of hydrogen-bond acceptors (Lipinski definition) is 7. The van der Waals surface area contributed by atoms with Gasteiger partial charge < -0.3 is 19.5 Å². The van der Waals surface area contributed by atoms with Crippen LogP contribution in [0.2, 0.25) is 5.02 Å². The van der Waals surface area contributed by atoms with Gasteiger partial charge in [-0.15, -0.1) is 0 Å². The second-order valence-electron chi connectivity index (χ2n) is 8.87. The number of carboxylic acid groups (broad SMARTS) is 1. The average Bonchev–Trinajstić information content (AvgIpc) is 3.16. The Morgan fingerprint density at radius 3 is 2.33 bits per heavy atom. The molecule has 1 aromatic rings. The summed E-state index contributed by atoms with van der Waals surface area (Å²) in [5.74, 6) is -1.55. The fourth-order valence-corrected chi connectivity index (χ4v) is 6.98. The monoisotopic (exact) mass is 544 g/mol. The number of carbonyl (C=O) groups excluding carboxylic acids is 2. The highest BCUT2D eigenvalue weighted by Crippen LogP contribution is 2.37. The average molecular weight is 545 g/mol. The van der Waals surface area contributed by atoms with E-state index in [1.54, 1.807) is 29.2 Å². The number of aliphatic carboxylic acids is 1. The standard InChI is InChI=1S/C22H29ClN4O8S/c1-34-12-13-35-22(31)27-17-6-7-18(27)19(21(29)30)26(14-17)36(32,33)25-10-8-24(9-11-25)20(28)15-2-4-16(23)5-3-15/h2-5,17-19H,6-14H2,1H3,(H,29,30)/t17-,18?,19-/m1/s1. The van der Waals surface area contributed by atoms with Crippen LogP contribution >= 0.6 is 11.6 Å². The normalized spacial score (nSPS) is 25.1. The van der Waals surface area contributed by atoms with Gasteiger partial charge in [0, 0.05) is 56.5 Å². The third-order valence-corrected chi connectivity index (χ3v) is 9.07. The second kappa shape index (κ2) is 10.9. The molecule has 3 saturated heterocycles. The number of ether oxygens (including phenoxy) is 2. The van der Waals surface area contributed by atoms with Gasteiger partial charge in [0.2, 0.25) is 0 Å². The van der Waals surface area contributed by atoms with Crippen LogP contribution in [0, 0.1) is 0 Å². The first kappa shape index (κ1) is 26.6. The number of fused-ring (bicyclic) bond motifs is 2. The van der Waals surface area contributed by atoms with E-state index in [4.69, 9.17) is 21.1 Å². The van der Waals surface area contributed by atoms with Crippen LogP contribution in [-0.2, 0) is 24.5 Å². The number of piperazine rings is 2. The Morgan fingerprint density at radius 1 is 1.06 bits per heavy atom. The van der Waals surface area contributed by atoms with Crippen molar-refractivity contribution in [2.24, 2.45) is 0 Å². The van der Waals surface area contributed by atoms with Crippen molar-refractivity contribution in [2.75, 3.05) is 53.0 Å². The maximum Gasteiger partial charge on any atom is 0.410 e. The lowest BCUT2D eigenvalue weighted by Gasteiger charge is -2.45. The zero-order valence-corrected chi connectivity index (χ0v) is 21.4. The van der Waals surface area contributed by atoms with Gasteiger partial charge in [0.05, 0.1) is 12.6 Å². The largest absolute Gasteiger partial charge is 0.480 e. The quantitative estimate of drug-likeness (QED) is 0.496. The van der Waals surface area contributed by atoms with Crippen molar-refractivity contribution in [1.82, 2.24) is 18.4 Å². The summed E-state index contributed by atoms with van der Waals surface area (Å²) in [6.07, 6.45) is 0.164. The molecule has 0 aliphatic carbocycles. The highest BCUT2D eigenvalue weighted by molar-refractivity contribution is 7.86. The number of amides is 2. The molecule has 3 aliphatic rings. The third kappa shape index (κ3) is 5.16. The van der Waals surface area contributed by atoms with Gasteiger partial charge in [-0.2, -0.15) is 17.0 Å². The summed E-state index contributed by atoms with van der Waals surface area (Å²) in [6, 6.07) is 3.70. The molecule has 0 saturated carbocycles. The molecule has 1 aromatic carbocycles. The zero-order chi connectivity index (χ0) is 26.0. The van der Waals surface area contributed by atoms with Crippen LogP contribution in [0.1, 0.15) is 23.2 Å². The van der Waals surface area contributed by atoms with Crippen molar-refractivity contribution in [3.63, 3.8) is 0 Å². The molecule has 0 radical (unpaired) electrons. The first-order valence-electron chi connectivity index (χ1n) is 11.6. The van der Waals surface area contributed by atoms with Crippen LogP contribution in [-0.4, -0.2) is 121 Å². The SMILES string of the molecule is COCCOC(=O)N1C2CC[C@@H]1CN(S(=O)(=O)N1CCN(C(=O)c3ccc(Cl)cc3)CC1)[C@H]2C(=O)O. The fraction of sp³-hybridized carbons (Fsp3) is 0.591. The molecule has 3 fully saturated rings. The number of halogens is 1. The zero-order valence-electron chi connectivity index (χ0n) is 19.8. The third-order valence-electron chi connectivity index (χ3n) is 6.83. The van der Waals surface area contributed by atoms with Gasteiger partial charge in [-0.3, -0.25) is 14.5 Å². The van der Waals surface area contributed by atoms with E-state index in [9.17, 15) is 27.9 Å². The molecule has 198 valence electrons. The van der Waals surface area contributed by atoms with E-state index in [0.717, 1.165) is 4.31 Å². The molecule has 14 heteroatoms. The van der Waals surface area contributed by atoms with Crippen molar-refractivity contribution in [1.29, 1.82) is 0 Å². The summed E-state index contributed by atoms with van der Waals surface area (Å²) in [5, 5.41) is 10.5. The summed E-state index contributed by atoms with van der Waals surface area (Å²) in [6.45, 7) is 0.465. The van der Waals surface area contributed by atoms with Gasteiger partial charge in [0.25, 0.3) is 16.1 Å². The molecule has 0 aromatic heterocycles. The molecule has 3 aliphatic heterocycles. The van der Waals surface area contributed by atoms with Gasteiger partial charge in [-0.25, -0.2) is 4.79 Å². The summed E-state index contributed by atoms with van der Waals surface area (Å²) in [7, 11) is -2.70. The Kier molecular flexibility index (Phi) is 8.05. The molecule has 12 nitrogen and oxygen atoms in total. The number of benzene rings is 1. The molecule has 1 unspecified atom stereocenters. The van der Waals surface area contributed by atoms with Crippen LogP contribution in [0.15, 0.2) is 24.3 Å². The molecule has 3 atom stereocenters. The Labute approximate surface area is 214 Å². The lowest BCUT2D eigenvalue weighted by atomic mass is 10.1. The van der Waals surface area contributed by atoms with Crippen LogP contribution in [0.25, 0.3) is 0 Å². The maximum atomic E-state index is 13.6. The van der Waals surface area contributed by atoms with Crippen LogP contribution in [0.5, 0.6) is 0 Å². The number of hydrogen-bond donors (Lipinski definition) is 1. The Balaban J connectivity index is 1.45. The molecule has 36 heavy (non-hydrogen) atoms. The lowest BCUT2D eigenvalue weighted by molar-refractivity contribution is -0.145. The first-order chi connectivity index (χ1) is 17.1. The molecular weight excluding hydrogens is 516 g/mol. The van der Waals surface area contributed by atoms with Gasteiger partial charge >= 0.3 is 12.1 Å². The van der Waals surface area contributed by atoms with E-state index in [0.29, 0.717) is 23.4 Å². The first-order valence-corrected chi connectivity index (χ1v) is 13.4. The fourth-order valence-electron chi connectivity index (χ4n) is 5.06. The summed E-state index contributed by atoms with van der Waals surface area (Å²) in [5.41, 5.74) is 0.451. The van der Waals surface area contributed by atoms with E-state index in [2.05, 4.69) is 0 Å². The maximum absolute atomic E-state index is 13.6. The van der Waals surface area contributed by atoms with E-state index in [1.807, 2.05) is 0 Å². The Morgan fingerprint density at radius 2 is 1.72 bits per heavy atom. The number of carboxylic acids is 1. The molecule has 0 spiro atoms. The van der Waals surface area contributed by atoms with Crippen molar-refractivity contribution in [3.05, 3.63) is 34.9 Å².